The van der Waals surface area contributed by atoms with Gasteiger partial charge in [-0.25, -0.2) is 0 Å². The number of hydrogen-bond donors (Lipinski definition) is 1. The first-order chi connectivity index (χ1) is 8.72. The minimum Gasteiger partial charge on any atom is -0.381 e. The lowest BCUT2D eigenvalue weighted by molar-refractivity contribution is 0.724. The van der Waals surface area contributed by atoms with Gasteiger partial charge in [0.25, 0.3) is 0 Å². The highest BCUT2D eigenvalue weighted by Gasteiger charge is 2.23. The van der Waals surface area contributed by atoms with Gasteiger partial charge in [-0.3, -0.25) is 0 Å². The second-order valence-electron chi connectivity index (χ2n) is 4.82. The summed E-state index contributed by atoms with van der Waals surface area (Å²) in [7, 11) is 0. The molecule has 0 bridgehead atoms. The molecule has 3 heteroatoms. The van der Waals surface area contributed by atoms with Gasteiger partial charge in [0.15, 0.2) is 0 Å². The van der Waals surface area contributed by atoms with Crippen LogP contribution in [0, 0.1) is 0 Å². The van der Waals surface area contributed by atoms with E-state index in [2.05, 4.69) is 76.3 Å². The summed E-state index contributed by atoms with van der Waals surface area (Å²) >= 11 is 5.57. The Hall–Kier alpha value is -0.670. The third-order valence-corrected chi connectivity index (χ3v) is 5.35. The molecule has 0 spiro atoms. The fourth-order valence-electron chi connectivity index (χ4n) is 2.44. The van der Waals surface area contributed by atoms with Crippen molar-refractivity contribution in [3.63, 3.8) is 0 Å². The Balaban J connectivity index is 1.86. The largest absolute Gasteiger partial charge is 0.381 e. The van der Waals surface area contributed by atoms with E-state index >= 15 is 0 Å². The fraction of sp³-hybridized carbons (Fsp3) is 0.333. The van der Waals surface area contributed by atoms with Gasteiger partial charge >= 0.3 is 0 Å². The summed E-state index contributed by atoms with van der Waals surface area (Å²) in [6, 6.07) is 13.7. The maximum absolute atomic E-state index is 3.66. The van der Waals surface area contributed by atoms with Gasteiger partial charge in [0, 0.05) is 21.5 Å². The van der Waals surface area contributed by atoms with Gasteiger partial charge in [-0.15, -0.1) is 0 Å². The average molecular weight is 322 g/mol. The standard InChI is InChI=1S/C15H16BrNS/c1-10-15(6-7-18-10)17-14-5-3-11-8-13(16)4-2-12(11)9-14/h2-5,8-10,15,17H,6-7H2,1H3. The van der Waals surface area contributed by atoms with Crippen LogP contribution in [-0.2, 0) is 0 Å². The van der Waals surface area contributed by atoms with E-state index in [-0.39, 0.29) is 0 Å². The Labute approximate surface area is 120 Å². The Kier molecular flexibility index (Phi) is 3.53. The van der Waals surface area contributed by atoms with Crippen molar-refractivity contribution in [1.82, 2.24) is 0 Å². The summed E-state index contributed by atoms with van der Waals surface area (Å²) in [6.45, 7) is 2.31. The molecule has 2 aromatic rings. The van der Waals surface area contributed by atoms with Crippen molar-refractivity contribution in [2.45, 2.75) is 24.6 Å². The van der Waals surface area contributed by atoms with Gasteiger partial charge in [-0.05, 0) is 47.2 Å². The fourth-order valence-corrected chi connectivity index (χ4v) is 4.02. The number of anilines is 1. The van der Waals surface area contributed by atoms with E-state index in [4.69, 9.17) is 0 Å². The van der Waals surface area contributed by atoms with Crippen LogP contribution in [-0.4, -0.2) is 17.0 Å². The van der Waals surface area contributed by atoms with Crippen LogP contribution in [0.2, 0.25) is 0 Å². The molecule has 0 amide bonds. The van der Waals surface area contributed by atoms with Crippen LogP contribution in [0.25, 0.3) is 10.8 Å². The third-order valence-electron chi connectivity index (χ3n) is 3.53. The normalized spacial score (nSPS) is 23.4. The van der Waals surface area contributed by atoms with Crippen molar-refractivity contribution in [2.24, 2.45) is 0 Å². The third kappa shape index (κ3) is 2.52. The highest BCUT2D eigenvalue weighted by atomic mass is 79.9. The van der Waals surface area contributed by atoms with Crippen molar-refractivity contribution in [3.8, 4) is 0 Å². The average Bonchev–Trinajstić information content (AvgIpc) is 2.75. The maximum Gasteiger partial charge on any atom is 0.0385 e. The minimum absolute atomic E-state index is 0.614. The van der Waals surface area contributed by atoms with Crippen molar-refractivity contribution in [1.29, 1.82) is 0 Å². The molecular weight excluding hydrogens is 306 g/mol. The number of benzene rings is 2. The number of halogens is 1. The number of fused-ring (bicyclic) bond motifs is 1. The number of rotatable bonds is 2. The quantitative estimate of drug-likeness (QED) is 0.843. The predicted octanol–water partition coefficient (Wildman–Crippen LogP) is 4.91. The van der Waals surface area contributed by atoms with E-state index in [0.29, 0.717) is 11.3 Å². The summed E-state index contributed by atoms with van der Waals surface area (Å²) in [5, 5.41) is 6.95. The lowest BCUT2D eigenvalue weighted by atomic mass is 10.1. The first kappa shape index (κ1) is 12.4. The predicted molar refractivity (Wildman–Crippen MR) is 85.6 cm³/mol. The molecule has 1 nitrogen and oxygen atoms in total. The number of hydrogen-bond acceptors (Lipinski definition) is 2. The van der Waals surface area contributed by atoms with E-state index < -0.39 is 0 Å². The minimum atomic E-state index is 0.614. The molecule has 0 aromatic heterocycles. The van der Waals surface area contributed by atoms with E-state index in [0.717, 1.165) is 4.47 Å². The van der Waals surface area contributed by atoms with Crippen LogP contribution >= 0.6 is 27.7 Å². The van der Waals surface area contributed by atoms with Crippen LogP contribution in [0.4, 0.5) is 5.69 Å². The van der Waals surface area contributed by atoms with Crippen LogP contribution < -0.4 is 5.32 Å². The van der Waals surface area contributed by atoms with E-state index in [1.165, 1.54) is 28.6 Å². The van der Waals surface area contributed by atoms with Gasteiger partial charge in [-0.1, -0.05) is 35.0 Å². The van der Waals surface area contributed by atoms with E-state index in [9.17, 15) is 0 Å². The van der Waals surface area contributed by atoms with Crippen LogP contribution in [0.1, 0.15) is 13.3 Å². The van der Waals surface area contributed by atoms with Gasteiger partial charge < -0.3 is 5.32 Å². The van der Waals surface area contributed by atoms with E-state index in [1.807, 2.05) is 0 Å². The van der Waals surface area contributed by atoms with Gasteiger partial charge in [-0.2, -0.15) is 11.8 Å². The molecule has 1 fully saturated rings. The van der Waals surface area contributed by atoms with Gasteiger partial charge in [0.05, 0.1) is 0 Å². The number of nitrogens with one attached hydrogen (secondary N) is 1. The lowest BCUT2D eigenvalue weighted by Gasteiger charge is -2.18. The molecule has 2 atom stereocenters. The molecule has 1 aliphatic heterocycles. The molecule has 1 saturated heterocycles. The summed E-state index contributed by atoms with van der Waals surface area (Å²) in [5.74, 6) is 1.28. The SMILES string of the molecule is CC1SCCC1Nc1ccc2cc(Br)ccc2c1. The highest BCUT2D eigenvalue weighted by Crippen LogP contribution is 2.30. The Morgan fingerprint density at radius 1 is 1.17 bits per heavy atom. The lowest BCUT2D eigenvalue weighted by Crippen LogP contribution is -2.24. The zero-order chi connectivity index (χ0) is 12.5. The van der Waals surface area contributed by atoms with Gasteiger partial charge in [0.1, 0.15) is 0 Å². The molecule has 94 valence electrons. The highest BCUT2D eigenvalue weighted by molar-refractivity contribution is 9.10. The van der Waals surface area contributed by atoms with Crippen LogP contribution in [0.15, 0.2) is 40.9 Å². The molecule has 2 unspecified atom stereocenters. The maximum atomic E-state index is 3.66. The summed E-state index contributed by atoms with van der Waals surface area (Å²) < 4.78 is 1.14. The Bertz CT molecular complexity index is 569. The summed E-state index contributed by atoms with van der Waals surface area (Å²) in [5.41, 5.74) is 1.24. The Morgan fingerprint density at radius 2 is 1.94 bits per heavy atom. The second-order valence-corrected chi connectivity index (χ2v) is 7.22. The molecule has 0 aliphatic carbocycles. The van der Waals surface area contributed by atoms with E-state index in [1.54, 1.807) is 0 Å². The molecule has 0 radical (unpaired) electrons. The summed E-state index contributed by atoms with van der Waals surface area (Å²) in [4.78, 5) is 0. The monoisotopic (exact) mass is 321 g/mol. The zero-order valence-electron chi connectivity index (χ0n) is 10.3. The molecule has 1 aliphatic rings. The first-order valence-electron chi connectivity index (χ1n) is 6.30. The van der Waals surface area contributed by atoms with Crippen molar-refractivity contribution < 1.29 is 0 Å². The molecule has 18 heavy (non-hydrogen) atoms. The summed E-state index contributed by atoms with van der Waals surface area (Å²) in [6.07, 6.45) is 1.27. The molecule has 0 saturated carbocycles. The first-order valence-corrected chi connectivity index (χ1v) is 8.14. The molecule has 3 rings (SSSR count). The molecule has 2 aromatic carbocycles. The van der Waals surface area contributed by atoms with Crippen LogP contribution in [0.3, 0.4) is 0 Å². The van der Waals surface area contributed by atoms with Crippen LogP contribution in [0.5, 0.6) is 0 Å². The molecule has 1 N–H and O–H groups in total. The smallest absolute Gasteiger partial charge is 0.0385 e. The van der Waals surface area contributed by atoms with Crippen molar-refractivity contribution in [3.05, 3.63) is 40.9 Å². The molecule has 1 heterocycles. The van der Waals surface area contributed by atoms with Crippen molar-refractivity contribution >= 4 is 44.2 Å². The Morgan fingerprint density at radius 3 is 2.72 bits per heavy atom. The van der Waals surface area contributed by atoms with Gasteiger partial charge in [0.2, 0.25) is 0 Å². The number of thioether (sulfide) groups is 1. The van der Waals surface area contributed by atoms with Crippen molar-refractivity contribution in [2.75, 3.05) is 11.1 Å². The second kappa shape index (κ2) is 5.14. The zero-order valence-corrected chi connectivity index (χ0v) is 12.7. The molecular formula is C15H16BrNS. The topological polar surface area (TPSA) is 12.0 Å².